The van der Waals surface area contributed by atoms with Crippen molar-refractivity contribution in [3.8, 4) is 0 Å². The Morgan fingerprint density at radius 1 is 0.750 bits per heavy atom. The maximum absolute atomic E-state index is 2.34. The summed E-state index contributed by atoms with van der Waals surface area (Å²) < 4.78 is 0. The van der Waals surface area contributed by atoms with Crippen molar-refractivity contribution in [1.82, 2.24) is 0 Å². The molecule has 0 aliphatic heterocycles. The lowest BCUT2D eigenvalue weighted by atomic mass is 10.1. The third kappa shape index (κ3) is 14.2. The van der Waals surface area contributed by atoms with Crippen LogP contribution in [0, 0.1) is 0 Å². The quantitative estimate of drug-likeness (QED) is 0.274. The van der Waals surface area contributed by atoms with Crippen LogP contribution >= 0.6 is 8.58 Å². The first kappa shape index (κ1) is 16.2. The first-order chi connectivity index (χ1) is 7.91. The van der Waals surface area contributed by atoms with Crippen molar-refractivity contribution in [3.63, 3.8) is 0 Å². The van der Waals surface area contributed by atoms with Crippen molar-refractivity contribution >= 4 is 8.58 Å². The van der Waals surface area contributed by atoms with Crippen molar-refractivity contribution in [1.29, 1.82) is 0 Å². The normalized spacial score (nSPS) is 12.1. The van der Waals surface area contributed by atoms with E-state index < -0.39 is 0 Å². The zero-order valence-electron chi connectivity index (χ0n) is 11.4. The molecule has 0 saturated carbocycles. The van der Waals surface area contributed by atoms with E-state index in [9.17, 15) is 0 Å². The van der Waals surface area contributed by atoms with Crippen molar-refractivity contribution in [2.45, 2.75) is 78.1 Å². The Morgan fingerprint density at radius 2 is 1.38 bits per heavy atom. The molecule has 0 N–H and O–H groups in total. The largest absolute Gasteiger partial charge is 0.0837 e. The average molecular weight is 241 g/mol. The van der Waals surface area contributed by atoms with Crippen molar-refractivity contribution in [2.24, 2.45) is 0 Å². The van der Waals surface area contributed by atoms with Crippen LogP contribution in [0.25, 0.3) is 0 Å². The summed E-state index contributed by atoms with van der Waals surface area (Å²) in [5.74, 6) is 2.34. The van der Waals surface area contributed by atoms with Gasteiger partial charge in [-0.1, -0.05) is 85.7 Å². The molecule has 0 aliphatic carbocycles. The molecule has 0 aromatic heterocycles. The Balaban J connectivity index is 2.93. The van der Waals surface area contributed by atoms with Gasteiger partial charge in [0.2, 0.25) is 0 Å². The minimum Gasteiger partial charge on any atom is -0.0837 e. The van der Waals surface area contributed by atoms with Gasteiger partial charge in [0.1, 0.15) is 0 Å². The smallest absolute Gasteiger partial charge is 0.0250 e. The lowest BCUT2D eigenvalue weighted by molar-refractivity contribution is 0.586. The monoisotopic (exact) mass is 241 g/mol. The van der Waals surface area contributed by atoms with Gasteiger partial charge in [0.25, 0.3) is 0 Å². The molecule has 1 heteroatoms. The predicted octanol–water partition coefficient (Wildman–Crippen LogP) is 6.39. The van der Waals surface area contributed by atoms with Gasteiger partial charge in [-0.3, -0.25) is 0 Å². The lowest BCUT2D eigenvalue weighted by Crippen LogP contribution is -1.81. The molecule has 0 spiro atoms. The van der Waals surface area contributed by atoms with Crippen LogP contribution in [0.5, 0.6) is 0 Å². The molecule has 0 unspecified atom stereocenters. The van der Waals surface area contributed by atoms with E-state index in [0.29, 0.717) is 0 Å². The molecule has 16 heavy (non-hydrogen) atoms. The Bertz CT molecular complexity index is 140. The van der Waals surface area contributed by atoms with Crippen LogP contribution in [0.3, 0.4) is 0 Å². The van der Waals surface area contributed by atoms with Crippen molar-refractivity contribution in [2.75, 3.05) is 6.16 Å². The number of rotatable bonds is 12. The summed E-state index contributed by atoms with van der Waals surface area (Å²) >= 11 is 0. The summed E-state index contributed by atoms with van der Waals surface area (Å²) in [5, 5.41) is 0. The second-order valence-electron chi connectivity index (χ2n) is 4.55. The fourth-order valence-electron chi connectivity index (χ4n) is 1.73. The molecule has 0 fully saturated rings. The van der Waals surface area contributed by atoms with Gasteiger partial charge < -0.3 is 0 Å². The van der Waals surface area contributed by atoms with Gasteiger partial charge in [-0.15, -0.1) is 0 Å². The van der Waals surface area contributed by atoms with E-state index in [1.807, 2.05) is 0 Å². The molecule has 0 amide bonds. The summed E-state index contributed by atoms with van der Waals surface area (Å²) in [6.07, 6.45) is 17.7. The minimum atomic E-state index is 1.25. The zero-order chi connectivity index (χ0) is 11.9. The van der Waals surface area contributed by atoms with Crippen LogP contribution in [0.2, 0.25) is 0 Å². The maximum Gasteiger partial charge on any atom is -0.0250 e. The topological polar surface area (TPSA) is 0 Å². The molecule has 0 aliphatic rings. The SMILES string of the molecule is CCCC=C[P]CCCCCCCCCC. The van der Waals surface area contributed by atoms with E-state index in [1.165, 1.54) is 79.0 Å². The predicted molar refractivity (Wildman–Crippen MR) is 78.4 cm³/mol. The Morgan fingerprint density at radius 3 is 2.00 bits per heavy atom. The number of unbranched alkanes of at least 4 members (excludes halogenated alkanes) is 8. The fraction of sp³-hybridized carbons (Fsp3) is 0.867. The van der Waals surface area contributed by atoms with Crippen LogP contribution in [0.1, 0.15) is 78.1 Å². The molecular weight excluding hydrogens is 211 g/mol. The highest BCUT2D eigenvalue weighted by atomic mass is 31.1. The van der Waals surface area contributed by atoms with E-state index in [2.05, 4.69) is 25.7 Å². The first-order valence-electron chi connectivity index (χ1n) is 7.23. The van der Waals surface area contributed by atoms with Gasteiger partial charge in [0.15, 0.2) is 0 Å². The van der Waals surface area contributed by atoms with Crippen LogP contribution in [-0.2, 0) is 0 Å². The second-order valence-corrected chi connectivity index (χ2v) is 5.67. The maximum atomic E-state index is 2.34. The summed E-state index contributed by atoms with van der Waals surface area (Å²) in [6, 6.07) is 0. The Labute approximate surface area is 105 Å². The average Bonchev–Trinajstić information content (AvgIpc) is 2.31. The molecule has 0 rings (SSSR count). The summed E-state index contributed by atoms with van der Waals surface area (Å²) in [7, 11) is 1.53. The molecule has 0 aromatic rings. The summed E-state index contributed by atoms with van der Waals surface area (Å²) in [5.41, 5.74) is 0. The summed E-state index contributed by atoms with van der Waals surface area (Å²) in [6.45, 7) is 4.52. The molecule has 0 bridgehead atoms. The van der Waals surface area contributed by atoms with E-state index >= 15 is 0 Å². The highest BCUT2D eigenvalue weighted by molar-refractivity contribution is 7.41. The molecule has 1 radical (unpaired) electrons. The number of hydrogen-bond acceptors (Lipinski definition) is 0. The standard InChI is InChI=1S/C15H30P/c1-3-5-7-8-9-10-11-13-15-16-14-12-6-4-2/h12,14H,3-11,13,15H2,1-2H3. The van der Waals surface area contributed by atoms with E-state index in [4.69, 9.17) is 0 Å². The fourth-order valence-corrected chi connectivity index (χ4v) is 2.58. The Kier molecular flexibility index (Phi) is 15.3. The van der Waals surface area contributed by atoms with Crippen LogP contribution in [0.4, 0.5) is 0 Å². The Hall–Kier alpha value is 0.170. The van der Waals surface area contributed by atoms with Crippen molar-refractivity contribution < 1.29 is 0 Å². The van der Waals surface area contributed by atoms with E-state index in [1.54, 1.807) is 0 Å². The molecule has 0 heterocycles. The van der Waals surface area contributed by atoms with E-state index in [0.717, 1.165) is 0 Å². The highest BCUT2D eigenvalue weighted by Crippen LogP contribution is 2.16. The third-order valence-corrected chi connectivity index (χ3v) is 3.80. The van der Waals surface area contributed by atoms with Gasteiger partial charge in [-0.2, -0.15) is 0 Å². The second kappa shape index (κ2) is 15.2. The molecule has 95 valence electrons. The highest BCUT2D eigenvalue weighted by Gasteiger charge is 1.91. The molecule has 0 aromatic carbocycles. The lowest BCUT2D eigenvalue weighted by Gasteiger charge is -2.00. The van der Waals surface area contributed by atoms with Gasteiger partial charge in [0, 0.05) is 0 Å². The van der Waals surface area contributed by atoms with Gasteiger partial charge in [0.05, 0.1) is 0 Å². The number of hydrogen-bond donors (Lipinski definition) is 0. The molecule has 0 nitrogen and oxygen atoms in total. The first-order valence-corrected chi connectivity index (χ1v) is 8.38. The van der Waals surface area contributed by atoms with Gasteiger partial charge >= 0.3 is 0 Å². The molecule has 0 saturated heterocycles. The van der Waals surface area contributed by atoms with Crippen LogP contribution < -0.4 is 0 Å². The van der Waals surface area contributed by atoms with Gasteiger partial charge in [-0.25, -0.2) is 0 Å². The molecular formula is C15H30P. The third-order valence-electron chi connectivity index (χ3n) is 2.81. The summed E-state index contributed by atoms with van der Waals surface area (Å²) in [4.78, 5) is 0. The van der Waals surface area contributed by atoms with Crippen LogP contribution in [-0.4, -0.2) is 6.16 Å². The molecule has 0 atom stereocenters. The van der Waals surface area contributed by atoms with Crippen LogP contribution in [0.15, 0.2) is 11.9 Å². The van der Waals surface area contributed by atoms with Crippen molar-refractivity contribution in [3.05, 3.63) is 11.9 Å². The minimum absolute atomic E-state index is 1.25. The van der Waals surface area contributed by atoms with E-state index in [-0.39, 0.29) is 0 Å². The zero-order valence-corrected chi connectivity index (χ0v) is 12.3. The number of allylic oxidation sites excluding steroid dienone is 1. The van der Waals surface area contributed by atoms with Gasteiger partial charge in [-0.05, 0) is 19.0 Å².